The first-order valence-corrected chi connectivity index (χ1v) is 8.19. The van der Waals surface area contributed by atoms with Crippen LogP contribution in [0.3, 0.4) is 0 Å². The van der Waals surface area contributed by atoms with Gasteiger partial charge in [-0.2, -0.15) is 0 Å². The van der Waals surface area contributed by atoms with Crippen LogP contribution >= 0.6 is 15.9 Å². The SMILES string of the molecule is Cc1cc(N2CCC(F)(F)C2)c(Br)cc1NC(=O)OC(C)(C)C. The Bertz CT molecular complexity index is 615. The van der Waals surface area contributed by atoms with Gasteiger partial charge in [0.1, 0.15) is 5.60 Å². The first-order chi connectivity index (χ1) is 10.5. The van der Waals surface area contributed by atoms with E-state index in [0.29, 0.717) is 22.4 Å². The molecular weight excluding hydrogens is 370 g/mol. The minimum Gasteiger partial charge on any atom is -0.444 e. The second kappa shape index (κ2) is 6.26. The lowest BCUT2D eigenvalue weighted by Gasteiger charge is -2.23. The summed E-state index contributed by atoms with van der Waals surface area (Å²) in [5.74, 6) is -2.65. The summed E-state index contributed by atoms with van der Waals surface area (Å²) >= 11 is 3.40. The summed E-state index contributed by atoms with van der Waals surface area (Å²) in [5.41, 5.74) is 1.48. The molecule has 0 unspecified atom stereocenters. The van der Waals surface area contributed by atoms with Gasteiger partial charge in [-0.1, -0.05) is 0 Å². The maximum absolute atomic E-state index is 13.4. The van der Waals surface area contributed by atoms with E-state index in [1.165, 1.54) is 0 Å². The molecule has 0 atom stereocenters. The van der Waals surface area contributed by atoms with Crippen molar-refractivity contribution in [2.75, 3.05) is 23.3 Å². The molecule has 0 bridgehead atoms. The zero-order valence-corrected chi connectivity index (χ0v) is 15.3. The zero-order valence-electron chi connectivity index (χ0n) is 13.7. The highest BCUT2D eigenvalue weighted by Gasteiger charge is 2.38. The van der Waals surface area contributed by atoms with E-state index in [1.807, 2.05) is 6.92 Å². The number of alkyl halides is 2. The summed E-state index contributed by atoms with van der Waals surface area (Å²) in [6, 6.07) is 3.50. The molecule has 1 heterocycles. The molecule has 23 heavy (non-hydrogen) atoms. The van der Waals surface area contributed by atoms with Crippen molar-refractivity contribution in [2.45, 2.75) is 45.6 Å². The van der Waals surface area contributed by atoms with Crippen LogP contribution in [0.2, 0.25) is 0 Å². The summed E-state index contributed by atoms with van der Waals surface area (Å²) < 4.78 is 32.7. The largest absolute Gasteiger partial charge is 0.444 e. The quantitative estimate of drug-likeness (QED) is 0.776. The van der Waals surface area contributed by atoms with Gasteiger partial charge in [0.25, 0.3) is 5.92 Å². The number of ether oxygens (including phenoxy) is 1. The van der Waals surface area contributed by atoms with E-state index in [2.05, 4.69) is 21.2 Å². The number of rotatable bonds is 2. The Labute approximate surface area is 143 Å². The van der Waals surface area contributed by atoms with Crippen molar-refractivity contribution in [3.05, 3.63) is 22.2 Å². The average Bonchev–Trinajstić information content (AvgIpc) is 2.71. The molecule has 1 fully saturated rings. The minimum atomic E-state index is -2.65. The van der Waals surface area contributed by atoms with Gasteiger partial charge < -0.3 is 9.64 Å². The van der Waals surface area contributed by atoms with Crippen LogP contribution in [0.1, 0.15) is 32.8 Å². The molecule has 1 aliphatic rings. The van der Waals surface area contributed by atoms with E-state index < -0.39 is 17.6 Å². The molecule has 2 rings (SSSR count). The lowest BCUT2D eigenvalue weighted by molar-refractivity contribution is 0.0257. The van der Waals surface area contributed by atoms with Gasteiger partial charge in [0.15, 0.2) is 0 Å². The van der Waals surface area contributed by atoms with Crippen LogP contribution in [0.4, 0.5) is 25.0 Å². The molecule has 1 aromatic carbocycles. The van der Waals surface area contributed by atoms with Gasteiger partial charge in [0, 0.05) is 23.1 Å². The number of hydrogen-bond donors (Lipinski definition) is 1. The molecule has 0 aliphatic carbocycles. The summed E-state index contributed by atoms with van der Waals surface area (Å²) in [6.45, 7) is 7.19. The van der Waals surface area contributed by atoms with Crippen molar-refractivity contribution >= 4 is 33.4 Å². The Balaban J connectivity index is 2.16. The topological polar surface area (TPSA) is 41.6 Å². The van der Waals surface area contributed by atoms with Gasteiger partial charge in [-0.25, -0.2) is 13.6 Å². The fraction of sp³-hybridized carbons (Fsp3) is 0.562. The van der Waals surface area contributed by atoms with Crippen molar-refractivity contribution < 1.29 is 18.3 Å². The van der Waals surface area contributed by atoms with Crippen molar-refractivity contribution in [1.82, 2.24) is 0 Å². The Kier molecular flexibility index (Phi) is 4.89. The normalized spacial score (nSPS) is 17.3. The summed E-state index contributed by atoms with van der Waals surface area (Å²) in [6.07, 6.45) is -0.691. The highest BCUT2D eigenvalue weighted by Crippen LogP contribution is 2.37. The van der Waals surface area contributed by atoms with E-state index in [4.69, 9.17) is 4.74 Å². The summed E-state index contributed by atoms with van der Waals surface area (Å²) in [7, 11) is 0. The number of carbonyl (C=O) groups excluding carboxylic acids is 1. The molecule has 1 saturated heterocycles. The maximum Gasteiger partial charge on any atom is 0.412 e. The Morgan fingerprint density at radius 3 is 2.57 bits per heavy atom. The minimum absolute atomic E-state index is 0.142. The lowest BCUT2D eigenvalue weighted by atomic mass is 10.1. The van der Waals surface area contributed by atoms with Crippen molar-refractivity contribution in [2.24, 2.45) is 0 Å². The number of anilines is 2. The second-order valence-electron chi connectivity index (χ2n) is 6.77. The van der Waals surface area contributed by atoms with Gasteiger partial charge in [-0.05, 0) is 61.3 Å². The van der Waals surface area contributed by atoms with Crippen LogP contribution in [0.15, 0.2) is 16.6 Å². The van der Waals surface area contributed by atoms with E-state index in [1.54, 1.807) is 37.8 Å². The third kappa shape index (κ3) is 4.80. The van der Waals surface area contributed by atoms with Crippen molar-refractivity contribution in [3.63, 3.8) is 0 Å². The third-order valence-corrected chi connectivity index (χ3v) is 4.07. The van der Waals surface area contributed by atoms with E-state index in [0.717, 1.165) is 5.56 Å². The standard InChI is InChI=1S/C16H21BrF2N2O2/c1-10-7-13(21-6-5-16(18,19)9-21)11(17)8-12(10)20-14(22)23-15(2,3)4/h7-8H,5-6,9H2,1-4H3,(H,20,22). The monoisotopic (exact) mass is 390 g/mol. The maximum atomic E-state index is 13.4. The number of halogens is 3. The number of carbonyl (C=O) groups is 1. The molecule has 0 saturated carbocycles. The van der Waals surface area contributed by atoms with Crippen LogP contribution in [0, 0.1) is 6.92 Å². The van der Waals surface area contributed by atoms with Crippen molar-refractivity contribution in [1.29, 1.82) is 0 Å². The Morgan fingerprint density at radius 1 is 1.39 bits per heavy atom. The summed E-state index contributed by atoms with van der Waals surface area (Å²) in [5, 5.41) is 2.68. The first-order valence-electron chi connectivity index (χ1n) is 7.40. The predicted octanol–water partition coefficient (Wildman–Crippen LogP) is 4.95. The van der Waals surface area contributed by atoms with Crippen LogP contribution < -0.4 is 10.2 Å². The lowest BCUT2D eigenvalue weighted by Crippen LogP contribution is -2.27. The highest BCUT2D eigenvalue weighted by molar-refractivity contribution is 9.10. The van der Waals surface area contributed by atoms with Crippen LogP contribution in [0.5, 0.6) is 0 Å². The number of nitrogens with zero attached hydrogens (tertiary/aromatic N) is 1. The number of aryl methyl sites for hydroxylation is 1. The molecule has 4 nitrogen and oxygen atoms in total. The Morgan fingerprint density at radius 2 is 2.04 bits per heavy atom. The van der Waals surface area contributed by atoms with Crippen molar-refractivity contribution in [3.8, 4) is 0 Å². The zero-order chi connectivity index (χ0) is 17.4. The van der Waals surface area contributed by atoms with E-state index in [9.17, 15) is 13.6 Å². The van der Waals surface area contributed by atoms with Gasteiger partial charge in [-0.15, -0.1) is 0 Å². The molecule has 0 aromatic heterocycles. The molecule has 1 N–H and O–H groups in total. The fourth-order valence-corrected chi connectivity index (χ4v) is 2.99. The molecule has 128 valence electrons. The fourth-order valence-electron chi connectivity index (χ4n) is 2.40. The summed E-state index contributed by atoms with van der Waals surface area (Å²) in [4.78, 5) is 13.5. The molecule has 1 aliphatic heterocycles. The Hall–Kier alpha value is -1.37. The molecular formula is C16H21BrF2N2O2. The predicted molar refractivity (Wildman–Crippen MR) is 90.5 cm³/mol. The van der Waals surface area contributed by atoms with E-state index >= 15 is 0 Å². The average molecular weight is 391 g/mol. The number of amides is 1. The number of benzene rings is 1. The van der Waals surface area contributed by atoms with Gasteiger partial charge in [0.2, 0.25) is 0 Å². The number of hydrogen-bond acceptors (Lipinski definition) is 3. The second-order valence-corrected chi connectivity index (χ2v) is 7.63. The van der Waals surface area contributed by atoms with Gasteiger partial charge >= 0.3 is 6.09 Å². The third-order valence-electron chi connectivity index (χ3n) is 3.44. The van der Waals surface area contributed by atoms with Crippen LogP contribution in [0.25, 0.3) is 0 Å². The molecule has 1 amide bonds. The molecule has 1 aromatic rings. The first kappa shape index (κ1) is 18.0. The van der Waals surface area contributed by atoms with Gasteiger partial charge in [-0.3, -0.25) is 5.32 Å². The van der Waals surface area contributed by atoms with Crippen LogP contribution in [-0.4, -0.2) is 30.7 Å². The number of nitrogens with one attached hydrogen (secondary N) is 1. The van der Waals surface area contributed by atoms with Crippen LogP contribution in [-0.2, 0) is 4.74 Å². The molecule has 0 radical (unpaired) electrons. The van der Waals surface area contributed by atoms with E-state index in [-0.39, 0.29) is 13.0 Å². The van der Waals surface area contributed by atoms with Gasteiger partial charge in [0.05, 0.1) is 12.2 Å². The molecule has 7 heteroatoms. The highest BCUT2D eigenvalue weighted by atomic mass is 79.9. The smallest absolute Gasteiger partial charge is 0.412 e. The molecule has 0 spiro atoms.